The Hall–Kier alpha value is -2.98. The molecule has 0 radical (unpaired) electrons. The van der Waals surface area contributed by atoms with E-state index in [-0.39, 0.29) is 5.78 Å². The Morgan fingerprint density at radius 3 is 2.29 bits per heavy atom. The molecule has 1 unspecified atom stereocenters. The Balaban J connectivity index is 1.88. The van der Waals surface area contributed by atoms with Crippen LogP contribution in [0.3, 0.4) is 0 Å². The van der Waals surface area contributed by atoms with Crippen LogP contribution in [0.1, 0.15) is 34.8 Å². The lowest BCUT2D eigenvalue weighted by molar-refractivity contribution is 0.105. The van der Waals surface area contributed by atoms with Crippen LogP contribution in [0.25, 0.3) is 10.5 Å². The van der Waals surface area contributed by atoms with Crippen LogP contribution in [0.5, 0.6) is 5.75 Å². The highest BCUT2D eigenvalue weighted by molar-refractivity contribution is 7.95. The van der Waals surface area contributed by atoms with Gasteiger partial charge in [0.05, 0.1) is 27.2 Å². The maximum absolute atomic E-state index is 13.4. The predicted octanol–water partition coefficient (Wildman–Crippen LogP) is 5.35. The molecular weight excluding hydrogens is 368 g/mol. The minimum Gasteiger partial charge on any atom is -0.494 e. The first-order valence-electron chi connectivity index (χ1n) is 9.29. The summed E-state index contributed by atoms with van der Waals surface area (Å²) in [4.78, 5) is 14.6. The van der Waals surface area contributed by atoms with Gasteiger partial charge in [0.1, 0.15) is 5.75 Å². The molecule has 0 saturated heterocycles. The van der Waals surface area contributed by atoms with Gasteiger partial charge in [0.25, 0.3) is 0 Å². The third kappa shape index (κ3) is 3.32. The maximum atomic E-state index is 13.4. The monoisotopic (exact) mass is 388 g/mol. The van der Waals surface area contributed by atoms with Crippen molar-refractivity contribution in [2.24, 2.45) is 0 Å². The number of rotatable bonds is 6. The number of carbonyl (C=O) groups excluding carboxylic acids is 1. The van der Waals surface area contributed by atoms with Crippen molar-refractivity contribution in [3.63, 3.8) is 0 Å². The van der Waals surface area contributed by atoms with E-state index >= 15 is 0 Å². The summed E-state index contributed by atoms with van der Waals surface area (Å²) < 4.78 is 19.1. The first-order chi connectivity index (χ1) is 13.7. The van der Waals surface area contributed by atoms with Crippen molar-refractivity contribution < 1.29 is 13.7 Å². The number of ketones is 1. The molecule has 3 aromatic carbocycles. The average molecular weight is 388 g/mol. The summed E-state index contributed by atoms with van der Waals surface area (Å²) in [5.74, 6) is 0.559. The van der Waals surface area contributed by atoms with Crippen LogP contribution in [-0.4, -0.2) is 16.6 Å². The van der Waals surface area contributed by atoms with Crippen LogP contribution < -0.4 is 4.74 Å². The van der Waals surface area contributed by atoms with E-state index in [0.29, 0.717) is 33.3 Å². The van der Waals surface area contributed by atoms with Gasteiger partial charge < -0.3 is 4.74 Å². The molecule has 4 heteroatoms. The summed E-state index contributed by atoms with van der Waals surface area (Å²) in [7, 11) is -1.45. The fourth-order valence-corrected chi connectivity index (χ4v) is 4.85. The van der Waals surface area contributed by atoms with E-state index < -0.39 is 10.8 Å². The standard InChI is InChI=1S/C24H20O3S/c1-2-15-27-19-13-14-20-21(16-19)28(26)24(18-11-7-4-8-12-18)22(20)23(25)17-9-5-3-6-10-17/h3-14,16H,2,15H2,1H3. The molecule has 3 nitrogen and oxygen atoms in total. The molecule has 0 bridgehead atoms. The molecule has 0 fully saturated rings. The van der Waals surface area contributed by atoms with Crippen LogP contribution in [0, 0.1) is 0 Å². The maximum Gasteiger partial charge on any atom is 0.194 e. The summed E-state index contributed by atoms with van der Waals surface area (Å²) >= 11 is 0. The van der Waals surface area contributed by atoms with Crippen molar-refractivity contribution in [1.82, 2.24) is 0 Å². The molecule has 0 aromatic heterocycles. The summed E-state index contributed by atoms with van der Waals surface area (Å²) in [5, 5.41) is 0. The first kappa shape index (κ1) is 18.4. The summed E-state index contributed by atoms with van der Waals surface area (Å²) in [6, 6.07) is 24.1. The molecule has 3 aromatic rings. The molecule has 0 N–H and O–H groups in total. The second-order valence-electron chi connectivity index (χ2n) is 6.54. The van der Waals surface area contributed by atoms with E-state index in [4.69, 9.17) is 4.74 Å². The second-order valence-corrected chi connectivity index (χ2v) is 7.93. The zero-order valence-corrected chi connectivity index (χ0v) is 16.4. The average Bonchev–Trinajstić information content (AvgIpc) is 3.05. The highest BCUT2D eigenvalue weighted by Gasteiger charge is 2.34. The Bertz CT molecular complexity index is 1070. The van der Waals surface area contributed by atoms with Crippen molar-refractivity contribution in [2.45, 2.75) is 18.2 Å². The topological polar surface area (TPSA) is 43.4 Å². The van der Waals surface area contributed by atoms with E-state index in [1.54, 1.807) is 18.2 Å². The van der Waals surface area contributed by atoms with Gasteiger partial charge in [0, 0.05) is 16.7 Å². The van der Waals surface area contributed by atoms with E-state index in [1.807, 2.05) is 67.6 Å². The molecule has 4 rings (SSSR count). The number of benzene rings is 3. The summed E-state index contributed by atoms with van der Waals surface area (Å²) in [6.45, 7) is 2.64. The number of fused-ring (bicyclic) bond motifs is 1. The van der Waals surface area contributed by atoms with Crippen molar-refractivity contribution in [3.05, 3.63) is 95.6 Å². The van der Waals surface area contributed by atoms with E-state index in [1.165, 1.54) is 0 Å². The Morgan fingerprint density at radius 2 is 1.61 bits per heavy atom. The van der Waals surface area contributed by atoms with E-state index in [0.717, 1.165) is 17.5 Å². The molecule has 0 amide bonds. The van der Waals surface area contributed by atoms with Gasteiger partial charge >= 0.3 is 0 Å². The van der Waals surface area contributed by atoms with Crippen LogP contribution in [0.15, 0.2) is 83.8 Å². The number of hydrogen-bond donors (Lipinski definition) is 0. The van der Waals surface area contributed by atoms with Crippen molar-refractivity contribution >= 4 is 27.1 Å². The van der Waals surface area contributed by atoms with Crippen LogP contribution in [0.4, 0.5) is 0 Å². The van der Waals surface area contributed by atoms with Gasteiger partial charge in [-0.3, -0.25) is 4.79 Å². The molecule has 1 heterocycles. The highest BCUT2D eigenvalue weighted by atomic mass is 32.2. The molecule has 1 atom stereocenters. The van der Waals surface area contributed by atoms with E-state index in [2.05, 4.69) is 0 Å². The molecule has 0 aliphatic carbocycles. The van der Waals surface area contributed by atoms with Crippen molar-refractivity contribution in [2.75, 3.05) is 6.61 Å². The number of Topliss-reactive ketones (excluding diaryl/α,β-unsaturated/α-hetero) is 1. The van der Waals surface area contributed by atoms with Crippen molar-refractivity contribution in [3.8, 4) is 5.75 Å². The largest absolute Gasteiger partial charge is 0.494 e. The molecule has 1 aliphatic heterocycles. The molecule has 1 aliphatic rings. The van der Waals surface area contributed by atoms with Gasteiger partial charge in [0.15, 0.2) is 5.78 Å². The van der Waals surface area contributed by atoms with Gasteiger partial charge in [-0.15, -0.1) is 0 Å². The van der Waals surface area contributed by atoms with Crippen LogP contribution in [0.2, 0.25) is 0 Å². The van der Waals surface area contributed by atoms with Gasteiger partial charge in [-0.25, -0.2) is 4.21 Å². The molecule has 28 heavy (non-hydrogen) atoms. The third-order valence-electron chi connectivity index (χ3n) is 4.61. The summed E-state index contributed by atoms with van der Waals surface area (Å²) in [5.41, 5.74) is 2.61. The van der Waals surface area contributed by atoms with Gasteiger partial charge in [-0.05, 0) is 30.2 Å². The van der Waals surface area contributed by atoms with E-state index in [9.17, 15) is 9.00 Å². The van der Waals surface area contributed by atoms with Gasteiger partial charge in [0.2, 0.25) is 0 Å². The molecule has 0 spiro atoms. The lowest BCUT2D eigenvalue weighted by atomic mass is 9.94. The fraction of sp³-hybridized carbons (Fsp3) is 0.125. The zero-order valence-electron chi connectivity index (χ0n) is 15.6. The van der Waals surface area contributed by atoms with Crippen LogP contribution >= 0.6 is 0 Å². The Labute approximate surface area is 167 Å². The normalized spacial score (nSPS) is 15.4. The minimum absolute atomic E-state index is 0.117. The number of carbonyl (C=O) groups is 1. The van der Waals surface area contributed by atoms with Gasteiger partial charge in [-0.1, -0.05) is 67.6 Å². The smallest absolute Gasteiger partial charge is 0.194 e. The second kappa shape index (κ2) is 7.95. The molecule has 0 saturated carbocycles. The third-order valence-corrected chi connectivity index (χ3v) is 6.15. The number of ether oxygens (including phenoxy) is 1. The van der Waals surface area contributed by atoms with Gasteiger partial charge in [-0.2, -0.15) is 0 Å². The minimum atomic E-state index is -1.45. The lowest BCUT2D eigenvalue weighted by Gasteiger charge is -2.08. The van der Waals surface area contributed by atoms with Crippen LogP contribution in [-0.2, 0) is 10.8 Å². The SMILES string of the molecule is CCCOc1ccc2c(c1)S(=O)C(c1ccccc1)=C2C(=O)c1ccccc1. The summed E-state index contributed by atoms with van der Waals surface area (Å²) in [6.07, 6.45) is 0.894. The number of hydrogen-bond acceptors (Lipinski definition) is 3. The Morgan fingerprint density at radius 1 is 0.929 bits per heavy atom. The fourth-order valence-electron chi connectivity index (χ4n) is 3.30. The molecular formula is C24H20O3S. The quantitative estimate of drug-likeness (QED) is 0.535. The first-order valence-corrected chi connectivity index (χ1v) is 10.4. The predicted molar refractivity (Wildman–Crippen MR) is 113 cm³/mol. The zero-order chi connectivity index (χ0) is 19.5. The number of allylic oxidation sites excluding steroid dienone is 1. The molecule has 140 valence electrons. The lowest BCUT2D eigenvalue weighted by Crippen LogP contribution is -2.03. The Kier molecular flexibility index (Phi) is 5.22. The van der Waals surface area contributed by atoms with Crippen molar-refractivity contribution in [1.29, 1.82) is 0 Å². The highest BCUT2D eigenvalue weighted by Crippen LogP contribution is 2.44.